The smallest absolute Gasteiger partial charge is 0.274 e. The quantitative estimate of drug-likeness (QED) is 0.627. The molecule has 0 radical (unpaired) electrons. The van der Waals surface area contributed by atoms with Gasteiger partial charge in [0.05, 0.1) is 0 Å². The van der Waals surface area contributed by atoms with Gasteiger partial charge in [-0.05, 0) is 13.0 Å². The van der Waals surface area contributed by atoms with Gasteiger partial charge >= 0.3 is 0 Å². The van der Waals surface area contributed by atoms with Crippen LogP contribution in [0.2, 0.25) is 0 Å². The molecule has 0 aliphatic rings. The molecule has 0 saturated heterocycles. The number of imide groups is 1. The molecule has 1 rings (SSSR count). The predicted octanol–water partition coefficient (Wildman–Crippen LogP) is 0.723. The summed E-state index contributed by atoms with van der Waals surface area (Å²) in [5.41, 5.74) is 0.662. The van der Waals surface area contributed by atoms with Crippen molar-refractivity contribution in [2.45, 2.75) is 6.92 Å². The Morgan fingerprint density at radius 2 is 2.06 bits per heavy atom. The van der Waals surface area contributed by atoms with Gasteiger partial charge in [-0.25, -0.2) is 0 Å². The highest BCUT2D eigenvalue weighted by atomic mass is 35.5. The minimum absolute atomic E-state index is 0.140. The van der Waals surface area contributed by atoms with Gasteiger partial charge in [0.2, 0.25) is 5.91 Å². The van der Waals surface area contributed by atoms with Gasteiger partial charge in [0, 0.05) is 18.8 Å². The SMILES string of the molecule is CC(=O)c1cc(C(=O)NC(=O)CCl)n(C)c1. The molecule has 0 aliphatic heterocycles. The summed E-state index contributed by atoms with van der Waals surface area (Å²) in [6, 6.07) is 1.43. The van der Waals surface area contributed by atoms with Crippen molar-refractivity contribution in [1.82, 2.24) is 9.88 Å². The van der Waals surface area contributed by atoms with Crippen molar-refractivity contribution in [3.63, 3.8) is 0 Å². The number of hydrogen-bond acceptors (Lipinski definition) is 3. The van der Waals surface area contributed by atoms with Crippen LogP contribution in [0, 0.1) is 0 Å². The number of carbonyl (C=O) groups excluding carboxylic acids is 3. The number of carbonyl (C=O) groups is 3. The summed E-state index contributed by atoms with van der Waals surface area (Å²) in [6.45, 7) is 1.40. The van der Waals surface area contributed by atoms with Crippen molar-refractivity contribution in [1.29, 1.82) is 0 Å². The van der Waals surface area contributed by atoms with Gasteiger partial charge in [-0.15, -0.1) is 11.6 Å². The van der Waals surface area contributed by atoms with Gasteiger partial charge in [-0.1, -0.05) is 0 Å². The molecule has 5 nitrogen and oxygen atoms in total. The van der Waals surface area contributed by atoms with Crippen LogP contribution in [0.4, 0.5) is 0 Å². The first-order valence-electron chi connectivity index (χ1n) is 4.53. The highest BCUT2D eigenvalue weighted by molar-refractivity contribution is 6.28. The summed E-state index contributed by atoms with van der Waals surface area (Å²) in [6.07, 6.45) is 1.53. The normalized spacial score (nSPS) is 9.94. The Morgan fingerprint density at radius 3 is 2.50 bits per heavy atom. The summed E-state index contributed by atoms with van der Waals surface area (Å²) in [5.74, 6) is -1.56. The van der Waals surface area contributed by atoms with Crippen LogP contribution in [0.5, 0.6) is 0 Å². The maximum absolute atomic E-state index is 11.5. The number of rotatable bonds is 3. The number of aryl methyl sites for hydroxylation is 1. The molecule has 1 aromatic rings. The Labute approximate surface area is 97.4 Å². The lowest BCUT2D eigenvalue weighted by atomic mass is 10.2. The van der Waals surface area contributed by atoms with Crippen molar-refractivity contribution < 1.29 is 14.4 Å². The molecule has 0 spiro atoms. The van der Waals surface area contributed by atoms with E-state index in [1.165, 1.54) is 23.8 Å². The second-order valence-electron chi connectivity index (χ2n) is 3.29. The summed E-state index contributed by atoms with van der Waals surface area (Å²) in [7, 11) is 1.62. The van der Waals surface area contributed by atoms with E-state index in [1.807, 2.05) is 0 Å². The Bertz CT molecular complexity index is 451. The van der Waals surface area contributed by atoms with E-state index >= 15 is 0 Å². The fraction of sp³-hybridized carbons (Fsp3) is 0.300. The van der Waals surface area contributed by atoms with Gasteiger partial charge in [-0.2, -0.15) is 0 Å². The molecule has 1 heterocycles. The fourth-order valence-corrected chi connectivity index (χ4v) is 1.27. The van der Waals surface area contributed by atoms with Crippen molar-refractivity contribution in [2.24, 2.45) is 7.05 Å². The highest BCUT2D eigenvalue weighted by Crippen LogP contribution is 2.07. The summed E-state index contributed by atoms with van der Waals surface area (Å²) in [5, 5.41) is 2.10. The molecule has 0 fully saturated rings. The topological polar surface area (TPSA) is 68.2 Å². The summed E-state index contributed by atoms with van der Waals surface area (Å²) < 4.78 is 1.48. The van der Waals surface area contributed by atoms with Crippen LogP contribution in [0.15, 0.2) is 12.3 Å². The minimum Gasteiger partial charge on any atom is -0.346 e. The number of nitrogens with zero attached hydrogens (tertiary/aromatic N) is 1. The van der Waals surface area contributed by atoms with Crippen LogP contribution >= 0.6 is 11.6 Å². The monoisotopic (exact) mass is 242 g/mol. The van der Waals surface area contributed by atoms with Crippen molar-refractivity contribution >= 4 is 29.2 Å². The second-order valence-corrected chi connectivity index (χ2v) is 3.56. The Balaban J connectivity index is 2.91. The van der Waals surface area contributed by atoms with Gasteiger partial charge in [0.15, 0.2) is 5.78 Å². The van der Waals surface area contributed by atoms with Gasteiger partial charge in [0.25, 0.3) is 5.91 Å². The molecule has 16 heavy (non-hydrogen) atoms. The van der Waals surface area contributed by atoms with E-state index < -0.39 is 11.8 Å². The number of amides is 2. The maximum Gasteiger partial charge on any atom is 0.274 e. The summed E-state index contributed by atoms with van der Waals surface area (Å²) in [4.78, 5) is 33.5. The number of Topliss-reactive ketones (excluding diaryl/α,β-unsaturated/α-hetero) is 1. The molecule has 6 heteroatoms. The van der Waals surface area contributed by atoms with E-state index in [9.17, 15) is 14.4 Å². The van der Waals surface area contributed by atoms with Crippen LogP contribution in [-0.4, -0.2) is 28.0 Å². The lowest BCUT2D eigenvalue weighted by Gasteiger charge is -2.02. The molecule has 0 saturated carbocycles. The van der Waals surface area contributed by atoms with Crippen molar-refractivity contribution in [3.8, 4) is 0 Å². The van der Waals surface area contributed by atoms with Crippen LogP contribution in [0.25, 0.3) is 0 Å². The Morgan fingerprint density at radius 1 is 1.44 bits per heavy atom. The number of alkyl halides is 1. The molecule has 0 aromatic carbocycles. The number of aromatic nitrogens is 1. The molecule has 0 bridgehead atoms. The Hall–Kier alpha value is -1.62. The van der Waals surface area contributed by atoms with Crippen molar-refractivity contribution in [3.05, 3.63) is 23.5 Å². The van der Waals surface area contributed by atoms with E-state index in [-0.39, 0.29) is 17.4 Å². The van der Waals surface area contributed by atoms with Gasteiger partial charge < -0.3 is 4.57 Å². The molecular formula is C10H11ClN2O3. The zero-order chi connectivity index (χ0) is 12.3. The zero-order valence-corrected chi connectivity index (χ0v) is 9.67. The van der Waals surface area contributed by atoms with Crippen LogP contribution < -0.4 is 5.32 Å². The van der Waals surface area contributed by atoms with E-state index in [2.05, 4.69) is 5.32 Å². The average Bonchev–Trinajstić information content (AvgIpc) is 2.60. The van der Waals surface area contributed by atoms with Crippen LogP contribution in [0.1, 0.15) is 27.8 Å². The van der Waals surface area contributed by atoms with Crippen LogP contribution in [0.3, 0.4) is 0 Å². The van der Waals surface area contributed by atoms with Crippen molar-refractivity contribution in [2.75, 3.05) is 5.88 Å². The van der Waals surface area contributed by atoms with E-state index in [0.29, 0.717) is 5.56 Å². The third-order valence-corrected chi connectivity index (χ3v) is 2.26. The summed E-state index contributed by atoms with van der Waals surface area (Å²) >= 11 is 5.25. The molecule has 1 aromatic heterocycles. The predicted molar refractivity (Wildman–Crippen MR) is 58.6 cm³/mol. The third kappa shape index (κ3) is 2.70. The first-order valence-corrected chi connectivity index (χ1v) is 5.06. The molecule has 0 aliphatic carbocycles. The minimum atomic E-state index is -0.572. The standard InChI is InChI=1S/C10H11ClN2O3/c1-6(14)7-3-8(13(2)5-7)10(16)12-9(15)4-11/h3,5H,4H2,1-2H3,(H,12,15,16). The molecule has 2 amide bonds. The Kier molecular flexibility index (Phi) is 3.84. The van der Waals surface area contributed by atoms with E-state index in [1.54, 1.807) is 7.05 Å². The number of hydrogen-bond donors (Lipinski definition) is 1. The first-order chi connectivity index (χ1) is 7.45. The largest absolute Gasteiger partial charge is 0.346 e. The first kappa shape index (κ1) is 12.4. The van der Waals surface area contributed by atoms with Crippen LogP contribution in [-0.2, 0) is 11.8 Å². The molecule has 1 N–H and O–H groups in total. The van der Waals surface area contributed by atoms with E-state index in [0.717, 1.165) is 0 Å². The lowest BCUT2D eigenvalue weighted by molar-refractivity contribution is -0.117. The third-order valence-electron chi connectivity index (χ3n) is 2.02. The fourth-order valence-electron chi connectivity index (χ4n) is 1.21. The van der Waals surface area contributed by atoms with Gasteiger partial charge in [-0.3, -0.25) is 19.7 Å². The highest BCUT2D eigenvalue weighted by Gasteiger charge is 2.15. The second kappa shape index (κ2) is 4.94. The zero-order valence-electron chi connectivity index (χ0n) is 8.91. The number of nitrogens with one attached hydrogen (secondary N) is 1. The van der Waals surface area contributed by atoms with E-state index in [4.69, 9.17) is 11.6 Å². The maximum atomic E-state index is 11.5. The number of halogens is 1. The molecule has 0 atom stereocenters. The molecular weight excluding hydrogens is 232 g/mol. The molecule has 86 valence electrons. The molecule has 0 unspecified atom stereocenters. The van der Waals surface area contributed by atoms with Gasteiger partial charge in [0.1, 0.15) is 11.6 Å². The number of ketones is 1. The average molecular weight is 243 g/mol. The lowest BCUT2D eigenvalue weighted by Crippen LogP contribution is -2.32.